The van der Waals surface area contributed by atoms with Crippen molar-refractivity contribution in [3.63, 3.8) is 0 Å². The number of hydrogen-bond donors (Lipinski definition) is 2. The predicted molar refractivity (Wildman–Crippen MR) is 104 cm³/mol. The van der Waals surface area contributed by atoms with Crippen LogP contribution in [0.1, 0.15) is 18.4 Å². The number of carbonyl (C=O) groups excluding carboxylic acids is 2. The van der Waals surface area contributed by atoms with Gasteiger partial charge in [0.1, 0.15) is 11.9 Å². The van der Waals surface area contributed by atoms with Crippen LogP contribution in [0.25, 0.3) is 0 Å². The van der Waals surface area contributed by atoms with Crippen molar-refractivity contribution in [2.75, 3.05) is 25.9 Å². The van der Waals surface area contributed by atoms with E-state index in [4.69, 9.17) is 0 Å². The van der Waals surface area contributed by atoms with Crippen LogP contribution >= 0.6 is 24.2 Å². The molecule has 144 valence electrons. The molecule has 0 aliphatic carbocycles. The highest BCUT2D eigenvalue weighted by molar-refractivity contribution is 8.00. The largest absolute Gasteiger partial charge is 0.343 e. The zero-order valence-electron chi connectivity index (χ0n) is 14.7. The van der Waals surface area contributed by atoms with Gasteiger partial charge in [-0.2, -0.15) is 0 Å². The maximum absolute atomic E-state index is 13.8. The van der Waals surface area contributed by atoms with E-state index in [0.29, 0.717) is 30.3 Å². The molecule has 1 aromatic carbocycles. The van der Waals surface area contributed by atoms with Gasteiger partial charge < -0.3 is 15.5 Å². The Morgan fingerprint density at radius 1 is 1.42 bits per heavy atom. The summed E-state index contributed by atoms with van der Waals surface area (Å²) < 4.78 is 13.8. The lowest BCUT2D eigenvalue weighted by Crippen LogP contribution is -2.58. The van der Waals surface area contributed by atoms with Gasteiger partial charge in [0.2, 0.25) is 11.8 Å². The Bertz CT molecular complexity index is 649. The molecule has 26 heavy (non-hydrogen) atoms. The van der Waals surface area contributed by atoms with Crippen molar-refractivity contribution in [3.8, 4) is 0 Å². The molecule has 2 heterocycles. The summed E-state index contributed by atoms with van der Waals surface area (Å²) in [6, 6.07) is 6.35. The lowest BCUT2D eigenvalue weighted by Gasteiger charge is -2.36. The van der Waals surface area contributed by atoms with Gasteiger partial charge in [-0.25, -0.2) is 4.39 Å². The minimum atomic E-state index is -0.482. The van der Waals surface area contributed by atoms with Crippen molar-refractivity contribution in [2.45, 2.75) is 36.6 Å². The predicted octanol–water partition coefficient (Wildman–Crippen LogP) is 1.60. The van der Waals surface area contributed by atoms with Crippen LogP contribution in [0.2, 0.25) is 0 Å². The number of likely N-dealkylation sites (N-methyl/N-ethyl adjacent to an activating group) is 1. The molecule has 0 radical (unpaired) electrons. The van der Waals surface area contributed by atoms with Crippen LogP contribution in [0.15, 0.2) is 24.3 Å². The van der Waals surface area contributed by atoms with Gasteiger partial charge in [0.05, 0.1) is 5.25 Å². The topological polar surface area (TPSA) is 61.4 Å². The number of thioether (sulfide) groups is 1. The molecule has 0 spiro atoms. The van der Waals surface area contributed by atoms with Crippen LogP contribution in [0, 0.1) is 5.82 Å². The summed E-state index contributed by atoms with van der Waals surface area (Å²) in [5.74, 6) is 0.0513. The zero-order chi connectivity index (χ0) is 17.8. The van der Waals surface area contributed by atoms with Gasteiger partial charge in [-0.05, 0) is 37.9 Å². The highest BCUT2D eigenvalue weighted by atomic mass is 35.5. The molecule has 5 nitrogen and oxygen atoms in total. The summed E-state index contributed by atoms with van der Waals surface area (Å²) >= 11 is 1.44. The fourth-order valence-electron chi connectivity index (χ4n) is 3.38. The first-order valence-corrected chi connectivity index (χ1v) is 9.75. The third-order valence-corrected chi connectivity index (χ3v) is 6.18. The van der Waals surface area contributed by atoms with Gasteiger partial charge in [-0.15, -0.1) is 24.2 Å². The molecule has 2 fully saturated rings. The van der Waals surface area contributed by atoms with E-state index in [1.165, 1.54) is 17.8 Å². The number of benzene rings is 1. The Hall–Kier alpha value is -1.31. The second kappa shape index (κ2) is 9.58. The van der Waals surface area contributed by atoms with Crippen molar-refractivity contribution >= 4 is 36.0 Å². The summed E-state index contributed by atoms with van der Waals surface area (Å²) in [4.78, 5) is 26.9. The van der Waals surface area contributed by atoms with Gasteiger partial charge in [0.25, 0.3) is 0 Å². The Morgan fingerprint density at radius 2 is 2.19 bits per heavy atom. The van der Waals surface area contributed by atoms with Gasteiger partial charge in [-0.1, -0.05) is 18.2 Å². The lowest BCUT2D eigenvalue weighted by atomic mass is 10.0. The van der Waals surface area contributed by atoms with Crippen LogP contribution in [0.3, 0.4) is 0 Å². The quantitative estimate of drug-likeness (QED) is 0.804. The first kappa shape index (κ1) is 21.0. The summed E-state index contributed by atoms with van der Waals surface area (Å²) in [7, 11) is 1.91. The van der Waals surface area contributed by atoms with E-state index in [1.807, 2.05) is 11.9 Å². The van der Waals surface area contributed by atoms with Gasteiger partial charge in [0, 0.05) is 24.9 Å². The number of amides is 2. The molecule has 8 heteroatoms. The molecule has 3 atom stereocenters. The number of piperidine rings is 1. The molecule has 2 saturated heterocycles. The van der Waals surface area contributed by atoms with Crippen molar-refractivity contribution in [2.24, 2.45) is 0 Å². The summed E-state index contributed by atoms with van der Waals surface area (Å²) in [6.45, 7) is 1.43. The number of likely N-dealkylation sites (tertiary alicyclic amines) is 1. The maximum Gasteiger partial charge on any atom is 0.246 e. The van der Waals surface area contributed by atoms with E-state index < -0.39 is 6.04 Å². The van der Waals surface area contributed by atoms with Crippen LogP contribution in [0.4, 0.5) is 4.39 Å². The first-order chi connectivity index (χ1) is 12.1. The van der Waals surface area contributed by atoms with Crippen molar-refractivity contribution in [3.05, 3.63) is 35.6 Å². The Labute approximate surface area is 163 Å². The number of nitrogens with one attached hydrogen (secondary N) is 2. The van der Waals surface area contributed by atoms with Crippen LogP contribution in [0.5, 0.6) is 0 Å². The average Bonchev–Trinajstić information content (AvgIpc) is 2.64. The highest BCUT2D eigenvalue weighted by Crippen LogP contribution is 2.24. The Balaban J connectivity index is 0.00000243. The standard InChI is InChI=1S/C18H24FN3O2S.ClH/c1-20-13-6-4-8-22(10-13)18(24)15-11-25-16(17(23)21-15)9-12-5-2-3-7-14(12)19;/h2-3,5,7,13,15-16,20H,4,6,8-11H2,1H3,(H,21,23);1H. The molecular weight excluding hydrogens is 377 g/mol. The maximum atomic E-state index is 13.8. The normalized spacial score (nSPS) is 26.0. The van der Waals surface area contributed by atoms with Crippen molar-refractivity contribution in [1.29, 1.82) is 0 Å². The first-order valence-electron chi connectivity index (χ1n) is 8.70. The molecule has 0 bridgehead atoms. The molecule has 2 aliphatic heterocycles. The molecule has 3 unspecified atom stereocenters. The Kier molecular flexibility index (Phi) is 7.73. The minimum Gasteiger partial charge on any atom is -0.343 e. The monoisotopic (exact) mass is 401 g/mol. The minimum absolute atomic E-state index is 0. The van der Waals surface area contributed by atoms with Gasteiger partial charge >= 0.3 is 0 Å². The summed E-state index contributed by atoms with van der Waals surface area (Å²) in [6.07, 6.45) is 2.38. The van der Waals surface area contributed by atoms with Crippen molar-refractivity contribution in [1.82, 2.24) is 15.5 Å². The number of carbonyl (C=O) groups is 2. The fraction of sp³-hybridized carbons (Fsp3) is 0.556. The smallest absolute Gasteiger partial charge is 0.246 e. The number of rotatable bonds is 4. The number of hydrogen-bond acceptors (Lipinski definition) is 4. The molecule has 0 aromatic heterocycles. The summed E-state index contributed by atoms with van der Waals surface area (Å²) in [5.41, 5.74) is 0.535. The molecule has 2 amide bonds. The molecule has 0 saturated carbocycles. The number of nitrogens with zero attached hydrogens (tertiary/aromatic N) is 1. The van der Waals surface area contributed by atoms with E-state index >= 15 is 0 Å². The van der Waals surface area contributed by atoms with E-state index in [1.54, 1.807) is 18.2 Å². The van der Waals surface area contributed by atoms with E-state index in [2.05, 4.69) is 10.6 Å². The molecule has 1 aromatic rings. The van der Waals surface area contributed by atoms with Crippen molar-refractivity contribution < 1.29 is 14.0 Å². The third-order valence-electron chi connectivity index (χ3n) is 4.88. The van der Waals surface area contributed by atoms with E-state index in [9.17, 15) is 14.0 Å². The van der Waals surface area contributed by atoms with Crippen LogP contribution < -0.4 is 10.6 Å². The second-order valence-corrected chi connectivity index (χ2v) is 7.83. The SMILES string of the molecule is CNC1CCCN(C(=O)C2CSC(Cc3ccccc3F)C(=O)N2)C1.Cl. The average molecular weight is 402 g/mol. The molecular formula is C18H25ClFN3O2S. The summed E-state index contributed by atoms with van der Waals surface area (Å²) in [5, 5.41) is 5.71. The fourth-order valence-corrected chi connectivity index (χ4v) is 4.54. The second-order valence-electron chi connectivity index (χ2n) is 6.59. The van der Waals surface area contributed by atoms with Crippen LogP contribution in [-0.4, -0.2) is 59.9 Å². The van der Waals surface area contributed by atoms with Gasteiger partial charge in [-0.3, -0.25) is 9.59 Å². The third kappa shape index (κ3) is 4.90. The van der Waals surface area contributed by atoms with Crippen LogP contribution in [-0.2, 0) is 16.0 Å². The molecule has 2 aliphatic rings. The van der Waals surface area contributed by atoms with E-state index in [-0.39, 0.29) is 35.3 Å². The Morgan fingerprint density at radius 3 is 2.88 bits per heavy atom. The number of halogens is 2. The van der Waals surface area contributed by atoms with E-state index in [0.717, 1.165) is 19.4 Å². The zero-order valence-corrected chi connectivity index (χ0v) is 16.4. The molecule has 3 rings (SSSR count). The molecule has 2 N–H and O–H groups in total. The lowest BCUT2D eigenvalue weighted by molar-refractivity contribution is -0.137. The highest BCUT2D eigenvalue weighted by Gasteiger charge is 2.35. The van der Waals surface area contributed by atoms with Gasteiger partial charge in [0.15, 0.2) is 0 Å².